The Bertz CT molecular complexity index is 385. The largest absolute Gasteiger partial charge is 0.478 e. The normalized spacial score (nSPS) is 9.79. The van der Waals surface area contributed by atoms with Crippen molar-refractivity contribution in [2.24, 2.45) is 5.73 Å². The van der Waals surface area contributed by atoms with E-state index in [1.807, 2.05) is 6.92 Å². The molecular weight excluding hydrogens is 182 g/mol. The van der Waals surface area contributed by atoms with Crippen LogP contribution in [0.1, 0.15) is 33.2 Å². The van der Waals surface area contributed by atoms with Gasteiger partial charge in [0, 0.05) is 5.56 Å². The van der Waals surface area contributed by atoms with Crippen molar-refractivity contribution in [1.29, 1.82) is 0 Å². The number of carboxylic acid groups (broad SMARTS) is 1. The minimum Gasteiger partial charge on any atom is -0.478 e. The van der Waals surface area contributed by atoms with E-state index in [0.717, 1.165) is 0 Å². The summed E-state index contributed by atoms with van der Waals surface area (Å²) in [5, 5.41) is 8.72. The predicted molar refractivity (Wildman–Crippen MR) is 51.3 cm³/mol. The van der Waals surface area contributed by atoms with Crippen LogP contribution in [0.15, 0.2) is 18.2 Å². The number of aromatic carboxylic acids is 1. The maximum atomic E-state index is 10.9. The second-order valence-electron chi connectivity index (χ2n) is 2.89. The molecular formula is C10H11NO3. The predicted octanol–water partition coefficient (Wildman–Crippen LogP) is 1.05. The number of benzene rings is 1. The van der Waals surface area contributed by atoms with Crippen LogP contribution < -0.4 is 5.73 Å². The number of amides is 1. The molecule has 1 amide bonds. The maximum absolute atomic E-state index is 10.9. The molecule has 3 N–H and O–H groups in total. The lowest BCUT2D eigenvalue weighted by atomic mass is 10.0. The van der Waals surface area contributed by atoms with Crippen molar-refractivity contribution in [1.82, 2.24) is 0 Å². The van der Waals surface area contributed by atoms with Gasteiger partial charge >= 0.3 is 5.97 Å². The molecule has 1 aromatic rings. The highest BCUT2D eigenvalue weighted by molar-refractivity contribution is 5.96. The zero-order chi connectivity index (χ0) is 10.7. The van der Waals surface area contributed by atoms with Crippen molar-refractivity contribution in [2.75, 3.05) is 0 Å². The van der Waals surface area contributed by atoms with Crippen molar-refractivity contribution in [3.8, 4) is 0 Å². The highest BCUT2D eigenvalue weighted by Crippen LogP contribution is 2.12. The second-order valence-corrected chi connectivity index (χ2v) is 2.89. The third-order valence-corrected chi connectivity index (χ3v) is 2.00. The lowest BCUT2D eigenvalue weighted by Gasteiger charge is -2.04. The van der Waals surface area contributed by atoms with Gasteiger partial charge in [0.1, 0.15) is 0 Å². The van der Waals surface area contributed by atoms with E-state index in [0.29, 0.717) is 17.5 Å². The number of carbonyl (C=O) groups excluding carboxylic acids is 1. The van der Waals surface area contributed by atoms with Crippen LogP contribution >= 0.6 is 0 Å². The summed E-state index contributed by atoms with van der Waals surface area (Å²) < 4.78 is 0. The molecule has 0 aliphatic rings. The number of carbonyl (C=O) groups is 2. The first-order valence-corrected chi connectivity index (χ1v) is 4.22. The summed E-state index contributed by atoms with van der Waals surface area (Å²) in [6, 6.07) is 4.30. The van der Waals surface area contributed by atoms with Gasteiger partial charge in [0.2, 0.25) is 5.91 Å². The molecule has 0 aliphatic heterocycles. The van der Waals surface area contributed by atoms with Gasteiger partial charge in [-0.1, -0.05) is 6.92 Å². The van der Waals surface area contributed by atoms with E-state index >= 15 is 0 Å². The Kier molecular flexibility index (Phi) is 2.86. The summed E-state index contributed by atoms with van der Waals surface area (Å²) in [6.45, 7) is 1.84. The maximum Gasteiger partial charge on any atom is 0.335 e. The number of aryl methyl sites for hydroxylation is 1. The highest BCUT2D eigenvalue weighted by Gasteiger charge is 2.10. The Morgan fingerprint density at radius 2 is 2.07 bits per heavy atom. The average molecular weight is 193 g/mol. The highest BCUT2D eigenvalue weighted by atomic mass is 16.4. The van der Waals surface area contributed by atoms with Crippen molar-refractivity contribution in [3.05, 3.63) is 34.9 Å². The van der Waals surface area contributed by atoms with Gasteiger partial charge in [-0.3, -0.25) is 4.79 Å². The standard InChI is InChI=1S/C10H11NO3/c1-2-6-5-7(10(13)14)3-4-8(6)9(11)12/h3-5H,2H2,1H3,(H2,11,12)(H,13,14). The van der Waals surface area contributed by atoms with E-state index in [1.165, 1.54) is 18.2 Å². The molecule has 0 saturated carbocycles. The van der Waals surface area contributed by atoms with E-state index in [9.17, 15) is 9.59 Å². The van der Waals surface area contributed by atoms with Gasteiger partial charge in [-0.15, -0.1) is 0 Å². The van der Waals surface area contributed by atoms with Crippen LogP contribution in [0.4, 0.5) is 0 Å². The topological polar surface area (TPSA) is 80.4 Å². The molecule has 4 heteroatoms. The van der Waals surface area contributed by atoms with Gasteiger partial charge in [0.05, 0.1) is 5.56 Å². The van der Waals surface area contributed by atoms with Crippen molar-refractivity contribution in [3.63, 3.8) is 0 Å². The molecule has 0 atom stereocenters. The fourth-order valence-corrected chi connectivity index (χ4v) is 1.26. The van der Waals surface area contributed by atoms with Crippen LogP contribution in [0.25, 0.3) is 0 Å². The third kappa shape index (κ3) is 1.90. The summed E-state index contributed by atoms with van der Waals surface area (Å²) >= 11 is 0. The molecule has 0 heterocycles. The van der Waals surface area contributed by atoms with Crippen LogP contribution in [0.2, 0.25) is 0 Å². The Balaban J connectivity index is 3.25. The Labute approximate surface area is 81.3 Å². The van der Waals surface area contributed by atoms with Crippen molar-refractivity contribution >= 4 is 11.9 Å². The van der Waals surface area contributed by atoms with Crippen molar-refractivity contribution in [2.45, 2.75) is 13.3 Å². The van der Waals surface area contributed by atoms with Gasteiger partial charge in [0.15, 0.2) is 0 Å². The van der Waals surface area contributed by atoms with E-state index in [1.54, 1.807) is 0 Å². The quantitative estimate of drug-likeness (QED) is 0.752. The van der Waals surface area contributed by atoms with Crippen LogP contribution in [0.5, 0.6) is 0 Å². The van der Waals surface area contributed by atoms with Crippen LogP contribution in [-0.2, 0) is 6.42 Å². The molecule has 74 valence electrons. The average Bonchev–Trinajstić information content (AvgIpc) is 2.16. The minimum atomic E-state index is -1.00. The first kappa shape index (κ1) is 10.2. The summed E-state index contributed by atoms with van der Waals surface area (Å²) in [5.41, 5.74) is 6.35. The number of carboxylic acids is 1. The molecule has 4 nitrogen and oxygen atoms in total. The van der Waals surface area contributed by atoms with Gasteiger partial charge in [-0.05, 0) is 30.2 Å². The lowest BCUT2D eigenvalue weighted by Crippen LogP contribution is -2.14. The van der Waals surface area contributed by atoms with Crippen LogP contribution in [0.3, 0.4) is 0 Å². The van der Waals surface area contributed by atoms with Gasteiger partial charge in [0.25, 0.3) is 0 Å². The summed E-state index contributed by atoms with van der Waals surface area (Å²) in [7, 11) is 0. The van der Waals surface area contributed by atoms with Gasteiger partial charge < -0.3 is 10.8 Å². The molecule has 0 radical (unpaired) electrons. The molecule has 0 unspecified atom stereocenters. The molecule has 14 heavy (non-hydrogen) atoms. The fraction of sp³-hybridized carbons (Fsp3) is 0.200. The Morgan fingerprint density at radius 3 is 2.50 bits per heavy atom. The zero-order valence-corrected chi connectivity index (χ0v) is 7.78. The van der Waals surface area contributed by atoms with Gasteiger partial charge in [-0.25, -0.2) is 4.79 Å². The molecule has 0 aromatic heterocycles. The number of nitrogens with two attached hydrogens (primary N) is 1. The smallest absolute Gasteiger partial charge is 0.335 e. The molecule has 0 aliphatic carbocycles. The SMILES string of the molecule is CCc1cc(C(=O)O)ccc1C(N)=O. The fourth-order valence-electron chi connectivity index (χ4n) is 1.26. The van der Waals surface area contributed by atoms with E-state index in [2.05, 4.69) is 0 Å². The Morgan fingerprint density at radius 1 is 1.43 bits per heavy atom. The first-order chi connectivity index (χ1) is 6.56. The van der Waals surface area contributed by atoms with Crippen LogP contribution in [-0.4, -0.2) is 17.0 Å². The summed E-state index contributed by atoms with van der Waals surface area (Å²) in [6.07, 6.45) is 0.583. The molecule has 1 rings (SSSR count). The third-order valence-electron chi connectivity index (χ3n) is 2.00. The van der Waals surface area contributed by atoms with Gasteiger partial charge in [-0.2, -0.15) is 0 Å². The molecule has 0 spiro atoms. The molecule has 0 bridgehead atoms. The number of hydrogen-bond acceptors (Lipinski definition) is 2. The van der Waals surface area contributed by atoms with Crippen molar-refractivity contribution < 1.29 is 14.7 Å². The lowest BCUT2D eigenvalue weighted by molar-refractivity contribution is 0.0696. The number of primary amides is 1. The summed E-state index contributed by atoms with van der Waals surface area (Å²) in [4.78, 5) is 21.6. The number of hydrogen-bond donors (Lipinski definition) is 2. The molecule has 0 fully saturated rings. The van der Waals surface area contributed by atoms with E-state index < -0.39 is 11.9 Å². The first-order valence-electron chi connectivity index (χ1n) is 4.22. The molecule has 0 saturated heterocycles. The monoisotopic (exact) mass is 193 g/mol. The van der Waals surface area contributed by atoms with E-state index in [4.69, 9.17) is 10.8 Å². The van der Waals surface area contributed by atoms with E-state index in [-0.39, 0.29) is 5.56 Å². The Hall–Kier alpha value is -1.84. The second kappa shape index (κ2) is 3.91. The number of rotatable bonds is 3. The van der Waals surface area contributed by atoms with Crippen LogP contribution in [0, 0.1) is 0 Å². The minimum absolute atomic E-state index is 0.173. The zero-order valence-electron chi connectivity index (χ0n) is 7.78. The molecule has 1 aromatic carbocycles. The summed E-state index contributed by atoms with van der Waals surface area (Å²) in [5.74, 6) is -1.53.